The Morgan fingerprint density at radius 2 is 2.08 bits per heavy atom. The van der Waals surface area contributed by atoms with Crippen LogP contribution in [0.5, 0.6) is 0 Å². The van der Waals surface area contributed by atoms with Crippen LogP contribution < -0.4 is 5.32 Å². The van der Waals surface area contributed by atoms with Crippen molar-refractivity contribution in [1.82, 2.24) is 5.32 Å². The first kappa shape index (κ1) is 18.5. The average molecular weight is 343 g/mol. The van der Waals surface area contributed by atoms with Crippen LogP contribution >= 0.6 is 11.8 Å². The lowest BCUT2D eigenvalue weighted by atomic mass is 9.73. The van der Waals surface area contributed by atoms with Crippen LogP contribution in [0.25, 0.3) is 0 Å². The highest BCUT2D eigenvalue weighted by Gasteiger charge is 2.33. The molecule has 0 bridgehead atoms. The van der Waals surface area contributed by atoms with E-state index in [1.807, 2.05) is 42.5 Å². The lowest BCUT2D eigenvalue weighted by Gasteiger charge is -2.34. The monoisotopic (exact) mass is 343 g/mol. The molecule has 1 aromatic rings. The molecule has 0 heterocycles. The van der Waals surface area contributed by atoms with Crippen molar-refractivity contribution in [1.29, 1.82) is 0 Å². The molecule has 0 spiro atoms. The second kappa shape index (κ2) is 9.48. The molecule has 0 saturated carbocycles. The van der Waals surface area contributed by atoms with Gasteiger partial charge in [0, 0.05) is 17.9 Å². The van der Waals surface area contributed by atoms with E-state index in [2.05, 4.69) is 11.9 Å². The van der Waals surface area contributed by atoms with Crippen molar-refractivity contribution in [2.45, 2.75) is 43.4 Å². The molecule has 2 rings (SSSR count). The van der Waals surface area contributed by atoms with Gasteiger partial charge in [-0.15, -0.1) is 6.58 Å². The second-order valence-corrected chi connectivity index (χ2v) is 7.39. The van der Waals surface area contributed by atoms with Gasteiger partial charge in [-0.2, -0.15) is 0 Å². The van der Waals surface area contributed by atoms with E-state index in [4.69, 9.17) is 0 Å². The van der Waals surface area contributed by atoms with Crippen molar-refractivity contribution in [3.63, 3.8) is 0 Å². The quantitative estimate of drug-likeness (QED) is 0.404. The fraction of sp³-hybridized carbons (Fsp3) is 0.400. The van der Waals surface area contributed by atoms with Crippen molar-refractivity contribution >= 4 is 22.8 Å². The number of allylic oxidation sites excluding steroid dienone is 3. The number of nitrogens with one attached hydrogen (secondary N) is 1. The van der Waals surface area contributed by atoms with Crippen LogP contribution in [0.4, 0.5) is 4.79 Å². The summed E-state index contributed by atoms with van der Waals surface area (Å²) in [5.74, 6) is 0.162. The Morgan fingerprint density at radius 3 is 2.79 bits per heavy atom. The van der Waals surface area contributed by atoms with Crippen LogP contribution in [0.3, 0.4) is 0 Å². The maximum absolute atomic E-state index is 12.2. The van der Waals surface area contributed by atoms with Crippen LogP contribution in [0, 0.1) is 5.41 Å². The van der Waals surface area contributed by atoms with Crippen LogP contribution in [-0.2, 0) is 4.79 Å². The smallest absolute Gasteiger partial charge is 0.283 e. The highest BCUT2D eigenvalue weighted by Crippen LogP contribution is 2.36. The summed E-state index contributed by atoms with van der Waals surface area (Å²) in [7, 11) is 0. The SMILES string of the molecule is C=CCCCCC1(CNC(=O)Sc2ccccc2)CC=CC(=O)C1. The number of ketones is 1. The lowest BCUT2D eigenvalue weighted by Crippen LogP contribution is -2.38. The van der Waals surface area contributed by atoms with E-state index in [0.717, 1.165) is 37.0 Å². The minimum Gasteiger partial charge on any atom is -0.346 e. The molecular weight excluding hydrogens is 318 g/mol. The third-order valence-corrected chi connectivity index (χ3v) is 5.17. The summed E-state index contributed by atoms with van der Waals surface area (Å²) in [4.78, 5) is 25.0. The topological polar surface area (TPSA) is 46.2 Å². The van der Waals surface area contributed by atoms with Gasteiger partial charge in [0.15, 0.2) is 5.78 Å². The summed E-state index contributed by atoms with van der Waals surface area (Å²) in [5, 5.41) is 2.96. The van der Waals surface area contributed by atoms with E-state index in [1.165, 1.54) is 11.8 Å². The normalized spacial score (nSPS) is 19.9. The van der Waals surface area contributed by atoms with Crippen LogP contribution in [0.1, 0.15) is 38.5 Å². The van der Waals surface area contributed by atoms with Gasteiger partial charge in [0.2, 0.25) is 0 Å². The van der Waals surface area contributed by atoms with Crippen molar-refractivity contribution in [2.24, 2.45) is 5.41 Å². The number of amides is 1. The average Bonchev–Trinajstić information content (AvgIpc) is 2.58. The minimum atomic E-state index is -0.139. The molecule has 4 heteroatoms. The molecule has 0 aliphatic heterocycles. The summed E-state index contributed by atoms with van der Waals surface area (Å²) in [6.45, 7) is 4.30. The van der Waals surface area contributed by atoms with Gasteiger partial charge in [-0.1, -0.05) is 36.8 Å². The Morgan fingerprint density at radius 1 is 1.29 bits per heavy atom. The van der Waals surface area contributed by atoms with Crippen LogP contribution in [0.2, 0.25) is 0 Å². The molecule has 1 atom stereocenters. The van der Waals surface area contributed by atoms with Gasteiger partial charge in [-0.3, -0.25) is 9.59 Å². The molecule has 0 saturated heterocycles. The predicted octanol–water partition coefficient (Wildman–Crippen LogP) is 5.14. The fourth-order valence-corrected chi connectivity index (χ4v) is 3.69. The summed E-state index contributed by atoms with van der Waals surface area (Å²) in [6, 6.07) is 9.60. The first-order valence-corrected chi connectivity index (χ1v) is 9.26. The Hall–Kier alpha value is -1.81. The first-order chi connectivity index (χ1) is 11.6. The van der Waals surface area contributed by atoms with E-state index in [-0.39, 0.29) is 16.4 Å². The lowest BCUT2D eigenvalue weighted by molar-refractivity contribution is -0.117. The summed E-state index contributed by atoms with van der Waals surface area (Å²) >= 11 is 1.20. The standard InChI is InChI=1S/C20H25NO2S/c1-2-3-4-8-13-20(14-9-10-17(22)15-20)16-21-19(23)24-18-11-6-5-7-12-18/h2,5-7,9-12H,1,3-4,8,13-16H2,(H,21,23). The second-order valence-electron chi connectivity index (χ2n) is 6.34. The van der Waals surface area contributed by atoms with Gasteiger partial charge in [-0.25, -0.2) is 0 Å². The molecule has 1 unspecified atom stereocenters. The summed E-state index contributed by atoms with van der Waals surface area (Å²) < 4.78 is 0. The summed E-state index contributed by atoms with van der Waals surface area (Å²) in [6.07, 6.45) is 11.0. The van der Waals surface area contributed by atoms with E-state index < -0.39 is 0 Å². The van der Waals surface area contributed by atoms with Gasteiger partial charge in [0.1, 0.15) is 0 Å². The maximum Gasteiger partial charge on any atom is 0.283 e. The maximum atomic E-state index is 12.2. The summed E-state index contributed by atoms with van der Waals surface area (Å²) in [5.41, 5.74) is -0.139. The number of unbranched alkanes of at least 4 members (excludes halogenated alkanes) is 2. The highest BCUT2D eigenvalue weighted by molar-refractivity contribution is 8.13. The number of thioether (sulfide) groups is 1. The molecule has 0 aromatic heterocycles. The van der Waals surface area contributed by atoms with Crippen molar-refractivity contribution in [2.75, 3.05) is 6.54 Å². The predicted molar refractivity (Wildman–Crippen MR) is 100 cm³/mol. The molecular formula is C20H25NO2S. The fourth-order valence-electron chi connectivity index (χ4n) is 3.03. The molecule has 128 valence electrons. The highest BCUT2D eigenvalue weighted by atomic mass is 32.2. The van der Waals surface area contributed by atoms with Gasteiger partial charge in [0.25, 0.3) is 5.24 Å². The van der Waals surface area contributed by atoms with Crippen molar-refractivity contribution in [3.8, 4) is 0 Å². The van der Waals surface area contributed by atoms with E-state index in [1.54, 1.807) is 6.08 Å². The minimum absolute atomic E-state index is 0.0614. The number of carbonyl (C=O) groups is 2. The van der Waals surface area contributed by atoms with Crippen LogP contribution in [0.15, 0.2) is 60.0 Å². The number of hydrogen-bond acceptors (Lipinski definition) is 3. The third-order valence-electron chi connectivity index (χ3n) is 4.33. The zero-order valence-electron chi connectivity index (χ0n) is 14.0. The molecule has 1 N–H and O–H groups in total. The molecule has 1 amide bonds. The Kier molecular flexibility index (Phi) is 7.32. The number of rotatable bonds is 8. The van der Waals surface area contributed by atoms with Gasteiger partial charge in [0.05, 0.1) is 0 Å². The van der Waals surface area contributed by atoms with Crippen LogP contribution in [-0.4, -0.2) is 17.6 Å². The van der Waals surface area contributed by atoms with Gasteiger partial charge in [-0.05, 0) is 61.1 Å². The Bertz CT molecular complexity index is 597. The number of hydrogen-bond donors (Lipinski definition) is 1. The van der Waals surface area contributed by atoms with Gasteiger partial charge < -0.3 is 5.32 Å². The molecule has 1 aromatic carbocycles. The molecule has 0 fully saturated rings. The molecule has 24 heavy (non-hydrogen) atoms. The number of carbonyl (C=O) groups excluding carboxylic acids is 2. The molecule has 1 aliphatic rings. The third kappa shape index (κ3) is 6.00. The first-order valence-electron chi connectivity index (χ1n) is 8.45. The van der Waals surface area contributed by atoms with Crippen molar-refractivity contribution in [3.05, 3.63) is 55.1 Å². The molecule has 1 aliphatic carbocycles. The van der Waals surface area contributed by atoms with E-state index in [9.17, 15) is 9.59 Å². The zero-order valence-corrected chi connectivity index (χ0v) is 14.8. The molecule has 3 nitrogen and oxygen atoms in total. The number of benzene rings is 1. The van der Waals surface area contributed by atoms with Gasteiger partial charge >= 0.3 is 0 Å². The molecule has 0 radical (unpaired) electrons. The largest absolute Gasteiger partial charge is 0.346 e. The Labute approximate surface area is 148 Å². The van der Waals surface area contributed by atoms with E-state index in [0.29, 0.717) is 13.0 Å². The zero-order chi connectivity index (χ0) is 17.3. The van der Waals surface area contributed by atoms with Crippen molar-refractivity contribution < 1.29 is 9.59 Å². The van der Waals surface area contributed by atoms with E-state index >= 15 is 0 Å². The Balaban J connectivity index is 1.90.